The minimum absolute atomic E-state index is 0.0136. The fourth-order valence-electron chi connectivity index (χ4n) is 2.91. The summed E-state index contributed by atoms with van der Waals surface area (Å²) in [7, 11) is 1.49. The Labute approximate surface area is 197 Å². The molecular formula is C24H16F3N3O5. The second kappa shape index (κ2) is 10.4. The number of anilines is 1. The molecule has 0 radical (unpaired) electrons. The summed E-state index contributed by atoms with van der Waals surface area (Å²) >= 11 is 0. The van der Waals surface area contributed by atoms with Crippen molar-refractivity contribution in [3.63, 3.8) is 0 Å². The Bertz CT molecular complexity index is 1330. The smallest absolute Gasteiger partial charge is 0.416 e. The number of rotatable bonds is 7. The van der Waals surface area contributed by atoms with Gasteiger partial charge in [0.05, 0.1) is 17.6 Å². The number of nitro groups is 1. The van der Waals surface area contributed by atoms with Gasteiger partial charge in [-0.3, -0.25) is 14.9 Å². The Morgan fingerprint density at radius 3 is 2.37 bits per heavy atom. The zero-order valence-electron chi connectivity index (χ0n) is 18.0. The zero-order chi connectivity index (χ0) is 25.6. The van der Waals surface area contributed by atoms with Gasteiger partial charge in [0.1, 0.15) is 23.1 Å². The maximum absolute atomic E-state index is 13.0. The molecule has 1 amide bonds. The number of nitro benzene ring substituents is 1. The van der Waals surface area contributed by atoms with Gasteiger partial charge >= 0.3 is 11.9 Å². The molecule has 11 heteroatoms. The molecule has 3 rings (SSSR count). The molecule has 35 heavy (non-hydrogen) atoms. The Balaban J connectivity index is 1.91. The highest BCUT2D eigenvalue weighted by atomic mass is 19.4. The van der Waals surface area contributed by atoms with E-state index in [1.54, 1.807) is 36.4 Å². The van der Waals surface area contributed by atoms with Crippen LogP contribution in [0.5, 0.6) is 17.2 Å². The van der Waals surface area contributed by atoms with Crippen LogP contribution in [0, 0.1) is 21.4 Å². The molecule has 0 spiro atoms. The van der Waals surface area contributed by atoms with E-state index in [1.165, 1.54) is 31.4 Å². The van der Waals surface area contributed by atoms with Crippen molar-refractivity contribution in [1.29, 1.82) is 5.26 Å². The van der Waals surface area contributed by atoms with Crippen LogP contribution in [0.25, 0.3) is 6.08 Å². The van der Waals surface area contributed by atoms with Crippen molar-refractivity contribution in [3.05, 3.63) is 93.5 Å². The number of carbonyl (C=O) groups excluding carboxylic acids is 1. The first-order chi connectivity index (χ1) is 16.6. The number of ether oxygens (including phenoxy) is 2. The standard InChI is InChI=1S/C24H16F3N3O5/c1-34-19-9-7-18(8-10-19)29-23(31)16(14-28)12-15-4-2-3-5-21(15)35-22-11-6-17(24(25,26)27)13-20(22)30(32)33/h2-13H,1H3,(H,29,31)/b16-12+. The second-order valence-electron chi connectivity index (χ2n) is 6.93. The maximum Gasteiger partial charge on any atom is 0.416 e. The van der Waals surface area contributed by atoms with Gasteiger partial charge in [0.25, 0.3) is 5.91 Å². The molecule has 0 aliphatic rings. The molecule has 0 aromatic heterocycles. The Kier molecular flexibility index (Phi) is 7.36. The molecule has 8 nitrogen and oxygen atoms in total. The van der Waals surface area contributed by atoms with Crippen LogP contribution in [0.2, 0.25) is 0 Å². The van der Waals surface area contributed by atoms with E-state index in [-0.39, 0.29) is 16.9 Å². The van der Waals surface area contributed by atoms with Gasteiger partial charge in [0, 0.05) is 17.3 Å². The van der Waals surface area contributed by atoms with Crippen LogP contribution >= 0.6 is 0 Å². The molecular weight excluding hydrogens is 467 g/mol. The summed E-state index contributed by atoms with van der Waals surface area (Å²) in [5.74, 6) is -0.610. The number of hydrogen-bond donors (Lipinski definition) is 1. The van der Waals surface area contributed by atoms with Crippen molar-refractivity contribution in [2.75, 3.05) is 12.4 Å². The van der Waals surface area contributed by atoms with Crippen molar-refractivity contribution in [2.24, 2.45) is 0 Å². The van der Waals surface area contributed by atoms with Crippen molar-refractivity contribution >= 4 is 23.4 Å². The third-order valence-corrected chi connectivity index (χ3v) is 4.63. The number of para-hydroxylation sites is 1. The number of amides is 1. The summed E-state index contributed by atoms with van der Waals surface area (Å²) in [6.45, 7) is 0. The molecule has 0 heterocycles. The van der Waals surface area contributed by atoms with Crippen molar-refractivity contribution in [1.82, 2.24) is 0 Å². The minimum atomic E-state index is -4.77. The highest BCUT2D eigenvalue weighted by Gasteiger charge is 2.33. The Morgan fingerprint density at radius 2 is 1.77 bits per heavy atom. The molecule has 0 aliphatic carbocycles. The van der Waals surface area contributed by atoms with Gasteiger partial charge in [-0.1, -0.05) is 18.2 Å². The first-order valence-electron chi connectivity index (χ1n) is 9.82. The third-order valence-electron chi connectivity index (χ3n) is 4.63. The van der Waals surface area contributed by atoms with Crippen molar-refractivity contribution < 1.29 is 32.4 Å². The summed E-state index contributed by atoms with van der Waals surface area (Å²) in [4.78, 5) is 22.9. The van der Waals surface area contributed by atoms with Gasteiger partial charge in [-0.25, -0.2) is 0 Å². The summed E-state index contributed by atoms with van der Waals surface area (Å²) in [5, 5.41) is 23.4. The number of nitrogens with one attached hydrogen (secondary N) is 1. The monoisotopic (exact) mass is 483 g/mol. The van der Waals surface area contributed by atoms with Crippen LogP contribution in [-0.2, 0) is 11.0 Å². The quantitative estimate of drug-likeness (QED) is 0.192. The summed E-state index contributed by atoms with van der Waals surface area (Å²) in [5.41, 5.74) is -1.80. The van der Waals surface area contributed by atoms with Gasteiger partial charge in [0.2, 0.25) is 5.75 Å². The van der Waals surface area contributed by atoms with Crippen molar-refractivity contribution in [2.45, 2.75) is 6.18 Å². The zero-order valence-corrected chi connectivity index (χ0v) is 18.0. The number of benzene rings is 3. The Morgan fingerprint density at radius 1 is 1.09 bits per heavy atom. The average molecular weight is 483 g/mol. The largest absolute Gasteiger partial charge is 0.497 e. The molecule has 0 atom stereocenters. The van der Waals surface area contributed by atoms with E-state index in [4.69, 9.17) is 9.47 Å². The molecule has 0 aliphatic heterocycles. The normalized spacial score (nSPS) is 11.3. The minimum Gasteiger partial charge on any atom is -0.497 e. The van der Waals surface area contributed by atoms with Crippen LogP contribution in [-0.4, -0.2) is 17.9 Å². The maximum atomic E-state index is 13.0. The van der Waals surface area contributed by atoms with Crippen LogP contribution < -0.4 is 14.8 Å². The van der Waals surface area contributed by atoms with Crippen LogP contribution in [0.4, 0.5) is 24.5 Å². The van der Waals surface area contributed by atoms with Gasteiger partial charge in [-0.05, 0) is 48.5 Å². The number of alkyl halides is 3. The molecule has 3 aromatic carbocycles. The lowest BCUT2D eigenvalue weighted by Crippen LogP contribution is -2.13. The molecule has 0 fully saturated rings. The van der Waals surface area contributed by atoms with E-state index in [9.17, 15) is 33.3 Å². The SMILES string of the molecule is COc1ccc(NC(=O)/C(C#N)=C/c2ccccc2Oc2ccc(C(F)(F)F)cc2[N+](=O)[O-])cc1. The average Bonchev–Trinajstić information content (AvgIpc) is 2.83. The molecule has 3 aromatic rings. The number of methoxy groups -OCH3 is 1. The van der Waals surface area contributed by atoms with E-state index in [0.29, 0.717) is 23.6 Å². The fraction of sp³-hybridized carbons (Fsp3) is 0.0833. The van der Waals surface area contributed by atoms with Gasteiger partial charge < -0.3 is 14.8 Å². The van der Waals surface area contributed by atoms with Gasteiger partial charge in [-0.15, -0.1) is 0 Å². The number of nitriles is 1. The van der Waals surface area contributed by atoms with Crippen LogP contribution in [0.15, 0.2) is 72.3 Å². The Hall–Kier alpha value is -4.85. The summed E-state index contributed by atoms with van der Waals surface area (Å²) < 4.78 is 49.5. The van der Waals surface area contributed by atoms with Gasteiger partial charge in [-0.2, -0.15) is 18.4 Å². The fourth-order valence-corrected chi connectivity index (χ4v) is 2.91. The topological polar surface area (TPSA) is 114 Å². The molecule has 0 bridgehead atoms. The highest BCUT2D eigenvalue weighted by Crippen LogP contribution is 2.38. The molecule has 178 valence electrons. The predicted molar refractivity (Wildman–Crippen MR) is 120 cm³/mol. The lowest BCUT2D eigenvalue weighted by molar-refractivity contribution is -0.385. The second-order valence-corrected chi connectivity index (χ2v) is 6.93. The first-order valence-corrected chi connectivity index (χ1v) is 9.82. The molecule has 1 N–H and O–H groups in total. The summed E-state index contributed by atoms with van der Waals surface area (Å²) in [6.07, 6.45) is -3.58. The van der Waals surface area contributed by atoms with Crippen LogP contribution in [0.1, 0.15) is 11.1 Å². The molecule has 0 saturated carbocycles. The predicted octanol–water partition coefficient (Wildman–Crippen LogP) is 5.96. The van der Waals surface area contributed by atoms with E-state index < -0.39 is 34.0 Å². The molecule has 0 unspecified atom stereocenters. The number of nitrogens with zero attached hydrogens (tertiary/aromatic N) is 2. The number of hydrogen-bond acceptors (Lipinski definition) is 6. The number of halogens is 3. The van der Waals surface area contributed by atoms with E-state index in [1.807, 2.05) is 0 Å². The van der Waals surface area contributed by atoms with E-state index in [2.05, 4.69) is 5.32 Å². The molecule has 0 saturated heterocycles. The lowest BCUT2D eigenvalue weighted by Gasteiger charge is -2.12. The third kappa shape index (κ3) is 6.14. The van der Waals surface area contributed by atoms with Crippen molar-refractivity contribution in [3.8, 4) is 23.3 Å². The first kappa shape index (κ1) is 24.8. The summed E-state index contributed by atoms with van der Waals surface area (Å²) in [6, 6.07) is 16.0. The number of carbonyl (C=O) groups is 1. The van der Waals surface area contributed by atoms with E-state index >= 15 is 0 Å². The van der Waals surface area contributed by atoms with Crippen LogP contribution in [0.3, 0.4) is 0 Å². The highest BCUT2D eigenvalue weighted by molar-refractivity contribution is 6.09. The van der Waals surface area contributed by atoms with Gasteiger partial charge in [0.15, 0.2) is 0 Å². The van der Waals surface area contributed by atoms with E-state index in [0.717, 1.165) is 6.07 Å². The lowest BCUT2D eigenvalue weighted by atomic mass is 10.1.